The van der Waals surface area contributed by atoms with E-state index in [0.29, 0.717) is 17.0 Å². The number of ether oxygens (including phenoxy) is 1. The van der Waals surface area contributed by atoms with Gasteiger partial charge in [-0.25, -0.2) is 4.79 Å². The number of esters is 1. The zero-order valence-electron chi connectivity index (χ0n) is 12.3. The Kier molecular flexibility index (Phi) is 4.68. The Balaban J connectivity index is 1.63. The van der Waals surface area contributed by atoms with Crippen molar-refractivity contribution < 1.29 is 14.1 Å². The fourth-order valence-corrected chi connectivity index (χ4v) is 2.19. The monoisotopic (exact) mass is 383 g/mol. The fraction of sp³-hybridized carbons (Fsp3) is 0.0588. The molecule has 7 heteroatoms. The van der Waals surface area contributed by atoms with E-state index in [1.54, 1.807) is 12.1 Å². The minimum Gasteiger partial charge on any atom is -0.452 e. The smallest absolute Gasteiger partial charge is 0.338 e. The van der Waals surface area contributed by atoms with Gasteiger partial charge in [-0.1, -0.05) is 21.1 Å². The van der Waals surface area contributed by atoms with Crippen molar-refractivity contribution in [2.75, 3.05) is 0 Å². The van der Waals surface area contributed by atoms with E-state index in [4.69, 9.17) is 14.5 Å². The van der Waals surface area contributed by atoms with Gasteiger partial charge in [-0.2, -0.15) is 10.2 Å². The summed E-state index contributed by atoms with van der Waals surface area (Å²) in [5, 5.41) is 12.6. The van der Waals surface area contributed by atoms with Gasteiger partial charge in [-0.3, -0.25) is 0 Å². The second kappa shape index (κ2) is 7.06. The van der Waals surface area contributed by atoms with Gasteiger partial charge in [0.05, 0.1) is 17.2 Å². The van der Waals surface area contributed by atoms with Gasteiger partial charge < -0.3 is 9.26 Å². The van der Waals surface area contributed by atoms with Crippen molar-refractivity contribution >= 4 is 21.9 Å². The first kappa shape index (κ1) is 15.9. The van der Waals surface area contributed by atoms with E-state index in [2.05, 4.69) is 26.1 Å². The van der Waals surface area contributed by atoms with Crippen molar-refractivity contribution in [2.45, 2.75) is 6.61 Å². The molecule has 0 radical (unpaired) electrons. The Hall–Kier alpha value is -2.98. The van der Waals surface area contributed by atoms with Crippen LogP contribution in [0.15, 0.2) is 57.5 Å². The minimum atomic E-state index is -0.525. The van der Waals surface area contributed by atoms with Gasteiger partial charge in [0.25, 0.3) is 5.89 Å². The third-order valence-corrected chi connectivity index (χ3v) is 3.68. The summed E-state index contributed by atoms with van der Waals surface area (Å²) in [5.41, 5.74) is 1.62. The van der Waals surface area contributed by atoms with Crippen LogP contribution in [0.4, 0.5) is 0 Å². The van der Waals surface area contributed by atoms with Crippen molar-refractivity contribution in [3.63, 3.8) is 0 Å². The molecule has 0 aliphatic rings. The van der Waals surface area contributed by atoms with E-state index < -0.39 is 5.97 Å². The van der Waals surface area contributed by atoms with Crippen LogP contribution in [-0.4, -0.2) is 16.1 Å². The summed E-state index contributed by atoms with van der Waals surface area (Å²) in [5.74, 6) is 0.102. The standard InChI is InChI=1S/C17H10BrN3O3/c18-14-7-5-12(6-8-14)16-20-15(24-21-16)10-23-17(22)13-3-1-11(9-19)2-4-13/h1-8H,10H2. The van der Waals surface area contributed by atoms with E-state index >= 15 is 0 Å². The molecular formula is C17H10BrN3O3. The molecule has 0 bridgehead atoms. The highest BCUT2D eigenvalue weighted by atomic mass is 79.9. The highest BCUT2D eigenvalue weighted by Gasteiger charge is 2.12. The van der Waals surface area contributed by atoms with Crippen LogP contribution in [-0.2, 0) is 11.3 Å². The largest absolute Gasteiger partial charge is 0.452 e. The number of carbonyl (C=O) groups is 1. The Morgan fingerprint density at radius 1 is 1.17 bits per heavy atom. The molecule has 0 aliphatic heterocycles. The van der Waals surface area contributed by atoms with Crippen LogP contribution >= 0.6 is 15.9 Å². The summed E-state index contributed by atoms with van der Waals surface area (Å²) in [7, 11) is 0. The average Bonchev–Trinajstić information content (AvgIpc) is 3.09. The van der Waals surface area contributed by atoms with E-state index in [1.165, 1.54) is 12.1 Å². The minimum absolute atomic E-state index is 0.123. The molecule has 1 aromatic heterocycles. The van der Waals surface area contributed by atoms with E-state index in [1.807, 2.05) is 30.3 Å². The van der Waals surface area contributed by atoms with E-state index in [0.717, 1.165) is 10.0 Å². The maximum Gasteiger partial charge on any atom is 0.338 e. The second-order valence-electron chi connectivity index (χ2n) is 4.78. The number of benzene rings is 2. The molecule has 2 aromatic carbocycles. The Morgan fingerprint density at radius 2 is 1.88 bits per heavy atom. The fourth-order valence-electron chi connectivity index (χ4n) is 1.92. The molecule has 3 rings (SSSR count). The zero-order valence-corrected chi connectivity index (χ0v) is 13.9. The third-order valence-electron chi connectivity index (χ3n) is 3.15. The molecule has 0 N–H and O–H groups in total. The molecular weight excluding hydrogens is 374 g/mol. The van der Waals surface area contributed by atoms with Gasteiger partial charge >= 0.3 is 5.97 Å². The van der Waals surface area contributed by atoms with Crippen molar-refractivity contribution in [3.05, 3.63) is 70.0 Å². The molecule has 0 atom stereocenters. The molecule has 6 nitrogen and oxygen atoms in total. The Morgan fingerprint density at radius 3 is 2.54 bits per heavy atom. The summed E-state index contributed by atoms with van der Waals surface area (Å²) in [6.45, 7) is -0.123. The van der Waals surface area contributed by atoms with E-state index in [9.17, 15) is 4.79 Å². The molecule has 0 saturated heterocycles. The molecule has 1 heterocycles. The van der Waals surface area contributed by atoms with Crippen molar-refractivity contribution in [1.29, 1.82) is 5.26 Å². The number of halogens is 1. The maximum atomic E-state index is 11.9. The predicted octanol–water partition coefficient (Wildman–Crippen LogP) is 3.73. The lowest BCUT2D eigenvalue weighted by molar-refractivity contribution is 0.0430. The van der Waals surface area contributed by atoms with Gasteiger partial charge in [0, 0.05) is 10.0 Å². The molecule has 0 spiro atoms. The number of hydrogen-bond donors (Lipinski definition) is 0. The van der Waals surface area contributed by atoms with Crippen LogP contribution < -0.4 is 0 Å². The summed E-state index contributed by atoms with van der Waals surface area (Å²) < 4.78 is 11.2. The Labute approximate surface area is 145 Å². The Bertz CT molecular complexity index is 896. The van der Waals surface area contributed by atoms with Gasteiger partial charge in [-0.15, -0.1) is 0 Å². The van der Waals surface area contributed by atoms with Crippen LogP contribution in [0.25, 0.3) is 11.4 Å². The number of carbonyl (C=O) groups excluding carboxylic acids is 1. The average molecular weight is 384 g/mol. The number of nitriles is 1. The second-order valence-corrected chi connectivity index (χ2v) is 5.70. The van der Waals surface area contributed by atoms with Crippen molar-refractivity contribution in [3.8, 4) is 17.5 Å². The quantitative estimate of drug-likeness (QED) is 0.637. The first-order valence-electron chi connectivity index (χ1n) is 6.91. The van der Waals surface area contributed by atoms with Crippen LogP contribution in [0, 0.1) is 11.3 Å². The molecule has 24 heavy (non-hydrogen) atoms. The predicted molar refractivity (Wildman–Crippen MR) is 87.7 cm³/mol. The van der Waals surface area contributed by atoms with Crippen molar-refractivity contribution in [1.82, 2.24) is 10.1 Å². The summed E-state index contributed by atoms with van der Waals surface area (Å²) in [4.78, 5) is 16.1. The molecule has 3 aromatic rings. The highest BCUT2D eigenvalue weighted by molar-refractivity contribution is 9.10. The first-order chi connectivity index (χ1) is 11.7. The highest BCUT2D eigenvalue weighted by Crippen LogP contribution is 2.19. The zero-order chi connectivity index (χ0) is 16.9. The molecule has 0 fully saturated rings. The van der Waals surface area contributed by atoms with Crippen LogP contribution in [0.3, 0.4) is 0 Å². The molecule has 0 aliphatic carbocycles. The topological polar surface area (TPSA) is 89.0 Å². The summed E-state index contributed by atoms with van der Waals surface area (Å²) >= 11 is 3.36. The van der Waals surface area contributed by atoms with Gasteiger partial charge in [0.2, 0.25) is 5.82 Å². The number of hydrogen-bond acceptors (Lipinski definition) is 6. The van der Waals surface area contributed by atoms with Crippen molar-refractivity contribution in [2.24, 2.45) is 0 Å². The van der Waals surface area contributed by atoms with Gasteiger partial charge in [-0.05, 0) is 48.5 Å². The summed E-state index contributed by atoms with van der Waals surface area (Å²) in [6.07, 6.45) is 0. The SMILES string of the molecule is N#Cc1ccc(C(=O)OCc2nc(-c3ccc(Br)cc3)no2)cc1. The number of rotatable bonds is 4. The summed E-state index contributed by atoms with van der Waals surface area (Å²) in [6, 6.07) is 15.6. The van der Waals surface area contributed by atoms with Crippen LogP contribution in [0.5, 0.6) is 0 Å². The molecule has 118 valence electrons. The van der Waals surface area contributed by atoms with Crippen LogP contribution in [0.1, 0.15) is 21.8 Å². The number of nitrogens with zero attached hydrogens (tertiary/aromatic N) is 3. The molecule has 0 unspecified atom stereocenters. The van der Waals surface area contributed by atoms with Crippen LogP contribution in [0.2, 0.25) is 0 Å². The van der Waals surface area contributed by atoms with Gasteiger partial charge in [0.15, 0.2) is 6.61 Å². The molecule has 0 amide bonds. The number of aromatic nitrogens is 2. The first-order valence-corrected chi connectivity index (χ1v) is 7.71. The maximum absolute atomic E-state index is 11.9. The lowest BCUT2D eigenvalue weighted by atomic mass is 10.1. The normalized spacial score (nSPS) is 10.2. The molecule has 0 saturated carbocycles. The lowest BCUT2D eigenvalue weighted by Crippen LogP contribution is -2.05. The lowest BCUT2D eigenvalue weighted by Gasteiger charge is -2.01. The van der Waals surface area contributed by atoms with Gasteiger partial charge in [0.1, 0.15) is 0 Å². The van der Waals surface area contributed by atoms with E-state index in [-0.39, 0.29) is 12.5 Å². The third kappa shape index (κ3) is 3.67.